The fourth-order valence-corrected chi connectivity index (χ4v) is 1.41. The van der Waals surface area contributed by atoms with Gasteiger partial charge in [0.2, 0.25) is 0 Å². The van der Waals surface area contributed by atoms with E-state index in [-0.39, 0.29) is 5.41 Å². The summed E-state index contributed by atoms with van der Waals surface area (Å²) in [5, 5.41) is 8.56. The summed E-state index contributed by atoms with van der Waals surface area (Å²) in [7, 11) is 0. The molecule has 1 heteroatoms. The monoisotopic (exact) mass is 199 g/mol. The number of allylic oxidation sites excluding steroid dienone is 2. The smallest absolute Gasteiger partial charge is 0.0915 e. The Morgan fingerprint density at radius 3 is 2.13 bits per heavy atom. The molecule has 0 aromatic heterocycles. The average Bonchev–Trinajstić information content (AvgIpc) is 2.17. The lowest BCUT2D eigenvalue weighted by Crippen LogP contribution is -2.10. The van der Waals surface area contributed by atoms with Gasteiger partial charge in [0.05, 0.1) is 6.07 Å². The topological polar surface area (TPSA) is 23.8 Å². The van der Waals surface area contributed by atoms with Crippen molar-refractivity contribution in [3.05, 3.63) is 41.5 Å². The maximum atomic E-state index is 8.56. The highest BCUT2D eigenvalue weighted by Gasteiger charge is 2.12. The molecule has 0 aliphatic carbocycles. The van der Waals surface area contributed by atoms with Crippen molar-refractivity contribution in [3.63, 3.8) is 0 Å². The lowest BCUT2D eigenvalue weighted by molar-refractivity contribution is 0.590. The predicted molar refractivity (Wildman–Crippen MR) is 64.4 cm³/mol. The van der Waals surface area contributed by atoms with Crippen LogP contribution in [0.25, 0.3) is 5.57 Å². The molecule has 1 rings (SSSR count). The molecule has 0 aliphatic heterocycles. The SMILES string of the molecule is CC(=CC#N)c1ccc(C(C)(C)C)cc1. The van der Waals surface area contributed by atoms with Crippen LogP contribution < -0.4 is 0 Å². The summed E-state index contributed by atoms with van der Waals surface area (Å²) in [6.07, 6.45) is 1.58. The van der Waals surface area contributed by atoms with Crippen molar-refractivity contribution >= 4 is 5.57 Å². The van der Waals surface area contributed by atoms with Crippen LogP contribution in [-0.2, 0) is 5.41 Å². The first-order valence-electron chi connectivity index (χ1n) is 5.12. The van der Waals surface area contributed by atoms with Crippen molar-refractivity contribution in [2.24, 2.45) is 0 Å². The van der Waals surface area contributed by atoms with Crippen LogP contribution in [0, 0.1) is 11.3 Å². The third-order valence-electron chi connectivity index (χ3n) is 2.49. The van der Waals surface area contributed by atoms with E-state index in [1.54, 1.807) is 6.08 Å². The molecule has 1 nitrogen and oxygen atoms in total. The number of nitriles is 1. The first kappa shape index (κ1) is 11.5. The molecule has 78 valence electrons. The molecule has 0 amide bonds. The highest BCUT2D eigenvalue weighted by atomic mass is 14.2. The molecule has 15 heavy (non-hydrogen) atoms. The molecule has 0 unspecified atom stereocenters. The highest BCUT2D eigenvalue weighted by Crippen LogP contribution is 2.23. The number of hydrogen-bond acceptors (Lipinski definition) is 1. The maximum absolute atomic E-state index is 8.56. The molecule has 0 spiro atoms. The summed E-state index contributed by atoms with van der Waals surface area (Å²) in [6, 6.07) is 10.5. The zero-order valence-electron chi connectivity index (χ0n) is 9.83. The summed E-state index contributed by atoms with van der Waals surface area (Å²) >= 11 is 0. The number of hydrogen-bond donors (Lipinski definition) is 0. The largest absolute Gasteiger partial charge is 0.193 e. The minimum Gasteiger partial charge on any atom is -0.193 e. The van der Waals surface area contributed by atoms with E-state index in [1.165, 1.54) is 5.56 Å². The van der Waals surface area contributed by atoms with Crippen LogP contribution in [0.15, 0.2) is 30.3 Å². The number of nitrogens with zero attached hydrogens (tertiary/aromatic N) is 1. The zero-order chi connectivity index (χ0) is 11.5. The Balaban J connectivity index is 3.02. The molecular weight excluding hydrogens is 182 g/mol. The Bertz CT molecular complexity index is 396. The maximum Gasteiger partial charge on any atom is 0.0915 e. The second-order valence-electron chi connectivity index (χ2n) is 4.78. The minimum atomic E-state index is 0.186. The molecule has 1 aromatic rings. The van der Waals surface area contributed by atoms with Crippen LogP contribution in [0.5, 0.6) is 0 Å². The summed E-state index contributed by atoms with van der Waals surface area (Å²) in [4.78, 5) is 0. The van der Waals surface area contributed by atoms with Gasteiger partial charge in [-0.2, -0.15) is 5.26 Å². The van der Waals surface area contributed by atoms with Gasteiger partial charge in [0, 0.05) is 6.08 Å². The number of rotatable bonds is 1. The Labute approximate surface area is 92.1 Å². The molecule has 0 N–H and O–H groups in total. The molecule has 0 heterocycles. The zero-order valence-corrected chi connectivity index (χ0v) is 9.83. The molecular formula is C14H17N. The van der Waals surface area contributed by atoms with Gasteiger partial charge in [-0.1, -0.05) is 45.0 Å². The summed E-state index contributed by atoms with van der Waals surface area (Å²) < 4.78 is 0. The molecule has 0 bridgehead atoms. The third kappa shape index (κ3) is 2.95. The highest BCUT2D eigenvalue weighted by molar-refractivity contribution is 5.65. The Morgan fingerprint density at radius 1 is 1.20 bits per heavy atom. The van der Waals surface area contributed by atoms with Gasteiger partial charge in [0.1, 0.15) is 0 Å². The molecule has 1 aromatic carbocycles. The fourth-order valence-electron chi connectivity index (χ4n) is 1.41. The lowest BCUT2D eigenvalue weighted by Gasteiger charge is -2.19. The van der Waals surface area contributed by atoms with Crippen LogP contribution in [0.3, 0.4) is 0 Å². The van der Waals surface area contributed by atoms with Crippen molar-refractivity contribution in [2.75, 3.05) is 0 Å². The van der Waals surface area contributed by atoms with Gasteiger partial charge >= 0.3 is 0 Å². The van der Waals surface area contributed by atoms with Crippen molar-refractivity contribution in [2.45, 2.75) is 33.1 Å². The summed E-state index contributed by atoms with van der Waals surface area (Å²) in [6.45, 7) is 8.54. The lowest BCUT2D eigenvalue weighted by atomic mass is 9.86. The fraction of sp³-hybridized carbons (Fsp3) is 0.357. The molecule has 0 saturated carbocycles. The van der Waals surface area contributed by atoms with Gasteiger partial charge < -0.3 is 0 Å². The Kier molecular flexibility index (Phi) is 3.31. The van der Waals surface area contributed by atoms with E-state index in [1.807, 2.05) is 13.0 Å². The summed E-state index contributed by atoms with van der Waals surface area (Å²) in [5.74, 6) is 0. The van der Waals surface area contributed by atoms with E-state index in [4.69, 9.17) is 5.26 Å². The van der Waals surface area contributed by atoms with Gasteiger partial charge in [-0.25, -0.2) is 0 Å². The van der Waals surface area contributed by atoms with Crippen LogP contribution in [-0.4, -0.2) is 0 Å². The third-order valence-corrected chi connectivity index (χ3v) is 2.49. The Morgan fingerprint density at radius 2 is 1.73 bits per heavy atom. The van der Waals surface area contributed by atoms with Crippen LogP contribution >= 0.6 is 0 Å². The van der Waals surface area contributed by atoms with E-state index in [0.717, 1.165) is 11.1 Å². The minimum absolute atomic E-state index is 0.186. The van der Waals surface area contributed by atoms with Crippen LogP contribution in [0.1, 0.15) is 38.8 Å². The van der Waals surface area contributed by atoms with Crippen LogP contribution in [0.4, 0.5) is 0 Å². The van der Waals surface area contributed by atoms with Gasteiger partial charge in [-0.05, 0) is 29.0 Å². The van der Waals surface area contributed by atoms with Gasteiger partial charge in [0.15, 0.2) is 0 Å². The normalized spacial score (nSPS) is 12.3. The van der Waals surface area contributed by atoms with E-state index < -0.39 is 0 Å². The van der Waals surface area contributed by atoms with Crippen molar-refractivity contribution < 1.29 is 0 Å². The van der Waals surface area contributed by atoms with Crippen LogP contribution in [0.2, 0.25) is 0 Å². The van der Waals surface area contributed by atoms with E-state index >= 15 is 0 Å². The molecule has 0 radical (unpaired) electrons. The number of benzene rings is 1. The second-order valence-corrected chi connectivity index (χ2v) is 4.78. The first-order chi connectivity index (χ1) is 6.95. The summed E-state index contributed by atoms with van der Waals surface area (Å²) in [5.41, 5.74) is 3.63. The van der Waals surface area contributed by atoms with Crippen molar-refractivity contribution in [3.8, 4) is 6.07 Å². The van der Waals surface area contributed by atoms with Gasteiger partial charge in [-0.15, -0.1) is 0 Å². The van der Waals surface area contributed by atoms with E-state index in [0.29, 0.717) is 0 Å². The van der Waals surface area contributed by atoms with Crippen molar-refractivity contribution in [1.82, 2.24) is 0 Å². The van der Waals surface area contributed by atoms with Crippen molar-refractivity contribution in [1.29, 1.82) is 5.26 Å². The molecule has 0 aliphatic rings. The first-order valence-corrected chi connectivity index (χ1v) is 5.12. The second kappa shape index (κ2) is 4.31. The quantitative estimate of drug-likeness (QED) is 0.629. The predicted octanol–water partition coefficient (Wildman–Crippen LogP) is 3.91. The van der Waals surface area contributed by atoms with E-state index in [9.17, 15) is 0 Å². The molecule has 0 saturated heterocycles. The standard InChI is InChI=1S/C14H17N/c1-11(9-10-15)12-5-7-13(8-6-12)14(2,3)4/h5-9H,1-4H3. The van der Waals surface area contributed by atoms with Gasteiger partial charge in [0.25, 0.3) is 0 Å². The Hall–Kier alpha value is -1.55. The van der Waals surface area contributed by atoms with Gasteiger partial charge in [-0.3, -0.25) is 0 Å². The van der Waals surface area contributed by atoms with E-state index in [2.05, 4.69) is 45.0 Å². The average molecular weight is 199 g/mol. The molecule has 0 atom stereocenters. The molecule has 0 fully saturated rings.